The van der Waals surface area contributed by atoms with Gasteiger partial charge in [0.1, 0.15) is 4.90 Å². The fourth-order valence-electron chi connectivity index (χ4n) is 2.87. The summed E-state index contributed by atoms with van der Waals surface area (Å²) in [7, 11) is -3.79. The van der Waals surface area contributed by atoms with E-state index in [1.165, 1.54) is 22.5 Å². The Morgan fingerprint density at radius 2 is 1.81 bits per heavy atom. The van der Waals surface area contributed by atoms with E-state index in [1.54, 1.807) is 0 Å². The molecule has 2 aromatic carbocycles. The maximum atomic E-state index is 12.9. The molecule has 0 unspecified atom stereocenters. The van der Waals surface area contributed by atoms with Crippen molar-refractivity contribution in [1.82, 2.24) is 9.62 Å². The number of rotatable bonds is 5. The van der Waals surface area contributed by atoms with Gasteiger partial charge in [-0.1, -0.05) is 41.9 Å². The number of amides is 1. The normalized spacial score (nSPS) is 16.7. The molecule has 3 rings (SSSR count). The maximum Gasteiger partial charge on any atom is 0.251 e. The summed E-state index contributed by atoms with van der Waals surface area (Å²) in [4.78, 5) is 12.5. The molecular formula is C19H21ClN2O4S. The van der Waals surface area contributed by atoms with E-state index in [4.69, 9.17) is 16.3 Å². The number of sulfonamides is 1. The molecule has 1 amide bonds. The van der Waals surface area contributed by atoms with Crippen LogP contribution in [0.1, 0.15) is 28.9 Å². The fraction of sp³-hybridized carbons (Fsp3) is 0.316. The molecule has 144 valence electrons. The van der Waals surface area contributed by atoms with Gasteiger partial charge in [-0.15, -0.1) is 0 Å². The average Bonchev–Trinajstić information content (AvgIpc) is 2.69. The highest BCUT2D eigenvalue weighted by molar-refractivity contribution is 7.89. The van der Waals surface area contributed by atoms with Crippen LogP contribution in [0.25, 0.3) is 0 Å². The number of benzene rings is 2. The van der Waals surface area contributed by atoms with Crippen LogP contribution in [0.15, 0.2) is 53.4 Å². The Labute approximate surface area is 164 Å². The highest BCUT2D eigenvalue weighted by atomic mass is 35.5. The molecule has 1 aliphatic rings. The number of morpholine rings is 1. The van der Waals surface area contributed by atoms with Gasteiger partial charge in [0.2, 0.25) is 10.0 Å². The van der Waals surface area contributed by atoms with Crippen LogP contribution in [0.2, 0.25) is 5.02 Å². The Morgan fingerprint density at radius 1 is 1.15 bits per heavy atom. The molecular weight excluding hydrogens is 388 g/mol. The number of hydrogen-bond acceptors (Lipinski definition) is 4. The Balaban J connectivity index is 1.83. The second-order valence-electron chi connectivity index (χ2n) is 6.27. The molecule has 1 fully saturated rings. The second-order valence-corrected chi connectivity index (χ2v) is 8.58. The summed E-state index contributed by atoms with van der Waals surface area (Å²) in [6.45, 7) is 3.08. The van der Waals surface area contributed by atoms with Gasteiger partial charge in [-0.25, -0.2) is 8.42 Å². The van der Waals surface area contributed by atoms with Gasteiger partial charge < -0.3 is 10.1 Å². The lowest BCUT2D eigenvalue weighted by molar-refractivity contribution is 0.0730. The van der Waals surface area contributed by atoms with Crippen LogP contribution in [0, 0.1) is 0 Å². The zero-order valence-corrected chi connectivity index (χ0v) is 16.5. The fourth-order valence-corrected chi connectivity index (χ4v) is 4.78. The number of halogens is 1. The van der Waals surface area contributed by atoms with E-state index in [0.29, 0.717) is 13.2 Å². The summed E-state index contributed by atoms with van der Waals surface area (Å²) in [6, 6.07) is 13.6. The monoisotopic (exact) mass is 408 g/mol. The zero-order chi connectivity index (χ0) is 19.4. The van der Waals surface area contributed by atoms with Gasteiger partial charge in [0.25, 0.3) is 5.91 Å². The SMILES string of the molecule is C[C@H](NC(=O)c1ccc(Cl)c(S(=O)(=O)N2CCOCC2)c1)c1ccccc1. The number of hydrogen-bond donors (Lipinski definition) is 1. The third-order valence-corrected chi connectivity index (χ3v) is 6.81. The first kappa shape index (κ1) is 19.8. The minimum Gasteiger partial charge on any atom is -0.379 e. The van der Waals surface area contributed by atoms with Crippen LogP contribution < -0.4 is 5.32 Å². The number of carbonyl (C=O) groups is 1. The molecule has 1 heterocycles. The van der Waals surface area contributed by atoms with Crippen molar-refractivity contribution in [2.45, 2.75) is 17.9 Å². The van der Waals surface area contributed by atoms with Crippen molar-refractivity contribution in [2.75, 3.05) is 26.3 Å². The largest absolute Gasteiger partial charge is 0.379 e. The first-order valence-corrected chi connectivity index (χ1v) is 10.4. The van der Waals surface area contributed by atoms with Crippen LogP contribution in [0.5, 0.6) is 0 Å². The van der Waals surface area contributed by atoms with Gasteiger partial charge >= 0.3 is 0 Å². The minimum atomic E-state index is -3.79. The van der Waals surface area contributed by atoms with Gasteiger partial charge in [-0.05, 0) is 30.7 Å². The zero-order valence-electron chi connectivity index (χ0n) is 14.9. The van der Waals surface area contributed by atoms with Crippen molar-refractivity contribution in [2.24, 2.45) is 0 Å². The summed E-state index contributed by atoms with van der Waals surface area (Å²) in [5.74, 6) is -0.360. The summed E-state index contributed by atoms with van der Waals surface area (Å²) in [5.41, 5.74) is 1.20. The van der Waals surface area contributed by atoms with Gasteiger partial charge in [-0.2, -0.15) is 4.31 Å². The molecule has 27 heavy (non-hydrogen) atoms. The molecule has 8 heteroatoms. The minimum absolute atomic E-state index is 0.0638. The van der Waals surface area contributed by atoms with Gasteiger partial charge in [0, 0.05) is 18.7 Å². The molecule has 0 spiro atoms. The van der Waals surface area contributed by atoms with Crippen LogP contribution >= 0.6 is 11.6 Å². The summed E-state index contributed by atoms with van der Waals surface area (Å²) in [6.07, 6.45) is 0. The Bertz CT molecular complexity index is 913. The van der Waals surface area contributed by atoms with Crippen molar-refractivity contribution in [3.05, 3.63) is 64.7 Å². The van der Waals surface area contributed by atoms with Crippen LogP contribution in [-0.2, 0) is 14.8 Å². The maximum absolute atomic E-state index is 12.9. The van der Waals surface area contributed by atoms with E-state index < -0.39 is 10.0 Å². The second kappa shape index (κ2) is 8.39. The van der Waals surface area contributed by atoms with E-state index in [0.717, 1.165) is 5.56 Å². The average molecular weight is 409 g/mol. The number of ether oxygens (including phenoxy) is 1. The summed E-state index contributed by atoms with van der Waals surface area (Å²) in [5, 5.41) is 2.97. The predicted molar refractivity (Wildman–Crippen MR) is 103 cm³/mol. The van der Waals surface area contributed by atoms with E-state index in [-0.39, 0.29) is 40.5 Å². The van der Waals surface area contributed by atoms with Crippen LogP contribution in [0.3, 0.4) is 0 Å². The highest BCUT2D eigenvalue weighted by Gasteiger charge is 2.29. The Morgan fingerprint density at radius 3 is 2.48 bits per heavy atom. The quantitative estimate of drug-likeness (QED) is 0.825. The number of nitrogens with one attached hydrogen (secondary N) is 1. The van der Waals surface area contributed by atoms with Crippen LogP contribution in [0.4, 0.5) is 0 Å². The molecule has 0 bridgehead atoms. The topological polar surface area (TPSA) is 75.7 Å². The molecule has 0 saturated carbocycles. The lowest BCUT2D eigenvalue weighted by Crippen LogP contribution is -2.40. The van der Waals surface area contributed by atoms with Crippen molar-refractivity contribution in [1.29, 1.82) is 0 Å². The van der Waals surface area contributed by atoms with Crippen LogP contribution in [-0.4, -0.2) is 44.9 Å². The van der Waals surface area contributed by atoms with Gasteiger partial charge in [0.05, 0.1) is 24.3 Å². The summed E-state index contributed by atoms with van der Waals surface area (Å²) >= 11 is 6.14. The Kier molecular flexibility index (Phi) is 6.16. The third kappa shape index (κ3) is 4.50. The lowest BCUT2D eigenvalue weighted by Gasteiger charge is -2.26. The van der Waals surface area contributed by atoms with Crippen molar-refractivity contribution in [3.63, 3.8) is 0 Å². The van der Waals surface area contributed by atoms with Crippen molar-refractivity contribution >= 4 is 27.5 Å². The predicted octanol–water partition coefficient (Wildman–Crippen LogP) is 2.85. The number of carbonyl (C=O) groups excluding carboxylic acids is 1. The molecule has 0 radical (unpaired) electrons. The first-order chi connectivity index (χ1) is 12.9. The van der Waals surface area contributed by atoms with Gasteiger partial charge in [-0.3, -0.25) is 4.79 Å². The van der Waals surface area contributed by atoms with E-state index in [9.17, 15) is 13.2 Å². The molecule has 1 aliphatic heterocycles. The molecule has 1 atom stereocenters. The molecule has 0 aromatic heterocycles. The lowest BCUT2D eigenvalue weighted by atomic mass is 10.1. The van der Waals surface area contributed by atoms with E-state index in [2.05, 4.69) is 5.32 Å². The molecule has 2 aromatic rings. The smallest absolute Gasteiger partial charge is 0.251 e. The number of nitrogens with zero attached hydrogens (tertiary/aromatic N) is 1. The van der Waals surface area contributed by atoms with Gasteiger partial charge in [0.15, 0.2) is 0 Å². The third-order valence-electron chi connectivity index (χ3n) is 4.43. The summed E-state index contributed by atoms with van der Waals surface area (Å²) < 4.78 is 32.3. The van der Waals surface area contributed by atoms with Crippen molar-refractivity contribution < 1.29 is 17.9 Å². The Hall–Kier alpha value is -1.93. The molecule has 0 aliphatic carbocycles. The van der Waals surface area contributed by atoms with E-state index in [1.807, 2.05) is 37.3 Å². The van der Waals surface area contributed by atoms with Crippen molar-refractivity contribution in [3.8, 4) is 0 Å². The highest BCUT2D eigenvalue weighted by Crippen LogP contribution is 2.27. The molecule has 6 nitrogen and oxygen atoms in total. The molecule has 1 saturated heterocycles. The molecule has 1 N–H and O–H groups in total. The van der Waals surface area contributed by atoms with E-state index >= 15 is 0 Å². The standard InChI is InChI=1S/C19H21ClN2O4S/c1-14(15-5-3-2-4-6-15)21-19(23)16-7-8-17(20)18(13-16)27(24,25)22-9-11-26-12-10-22/h2-8,13-14H,9-12H2,1H3,(H,21,23)/t14-/m0/s1. The first-order valence-electron chi connectivity index (χ1n) is 8.63.